The van der Waals surface area contributed by atoms with E-state index < -0.39 is 17.9 Å². The van der Waals surface area contributed by atoms with Crippen LogP contribution in [0.3, 0.4) is 0 Å². The third-order valence-electron chi connectivity index (χ3n) is 7.14. The Labute approximate surface area is 235 Å². The van der Waals surface area contributed by atoms with Crippen molar-refractivity contribution in [1.82, 2.24) is 9.88 Å². The number of hydrogen-bond donors (Lipinski definition) is 4. The van der Waals surface area contributed by atoms with Gasteiger partial charge in [-0.15, -0.1) is 0 Å². The minimum absolute atomic E-state index is 0.0637. The molecule has 0 saturated heterocycles. The highest BCUT2D eigenvalue weighted by atomic mass is 35.5. The molecule has 1 heterocycles. The molecule has 1 aromatic heterocycles. The van der Waals surface area contributed by atoms with Crippen molar-refractivity contribution < 1.29 is 29.3 Å². The number of carbonyl (C=O) groups is 3. The first-order chi connectivity index (χ1) is 19.2. The molecule has 1 fully saturated rings. The number of nitrogens with two attached hydrogens (primary N) is 1. The van der Waals surface area contributed by atoms with Gasteiger partial charge < -0.3 is 30.6 Å². The number of primary amides is 1. The van der Waals surface area contributed by atoms with Crippen LogP contribution in [-0.4, -0.2) is 58.2 Å². The Kier molecular flexibility index (Phi) is 8.07. The summed E-state index contributed by atoms with van der Waals surface area (Å²) < 4.78 is 7.71. The molecule has 40 heavy (non-hydrogen) atoms. The summed E-state index contributed by atoms with van der Waals surface area (Å²) in [5.41, 5.74) is 8.18. The molecule has 2 amide bonds. The van der Waals surface area contributed by atoms with Gasteiger partial charge in [0, 0.05) is 47.2 Å². The normalized spacial score (nSPS) is 13.9. The second-order valence-corrected chi connectivity index (χ2v) is 10.5. The van der Waals surface area contributed by atoms with E-state index in [1.807, 2.05) is 16.7 Å². The summed E-state index contributed by atoms with van der Waals surface area (Å²) in [6, 6.07) is 14.5. The fraction of sp³-hybridized carbons (Fsp3) is 0.300. The summed E-state index contributed by atoms with van der Waals surface area (Å²) in [4.78, 5) is 37.6. The molecule has 1 aliphatic carbocycles. The number of hydrogen-bond acceptors (Lipinski definition) is 6. The third kappa shape index (κ3) is 5.96. The van der Waals surface area contributed by atoms with E-state index >= 15 is 0 Å². The van der Waals surface area contributed by atoms with Gasteiger partial charge in [0.25, 0.3) is 5.91 Å². The second kappa shape index (κ2) is 11.7. The van der Waals surface area contributed by atoms with E-state index in [0.29, 0.717) is 23.0 Å². The van der Waals surface area contributed by atoms with Gasteiger partial charge in [0.15, 0.2) is 6.61 Å². The molecule has 0 bridgehead atoms. The molecule has 0 unspecified atom stereocenters. The zero-order chi connectivity index (χ0) is 28.4. The summed E-state index contributed by atoms with van der Waals surface area (Å²) in [6.45, 7) is -0.179. The number of ketones is 1. The van der Waals surface area contributed by atoms with Crippen molar-refractivity contribution in [3.63, 3.8) is 0 Å². The van der Waals surface area contributed by atoms with Crippen LogP contribution in [0.25, 0.3) is 21.7 Å². The maximum absolute atomic E-state index is 13.4. The highest BCUT2D eigenvalue weighted by Gasteiger charge is 2.25. The van der Waals surface area contributed by atoms with Gasteiger partial charge in [-0.05, 0) is 65.4 Å². The van der Waals surface area contributed by atoms with Gasteiger partial charge in [0.05, 0.1) is 12.2 Å². The van der Waals surface area contributed by atoms with Crippen molar-refractivity contribution in [2.45, 2.75) is 37.8 Å². The zero-order valence-corrected chi connectivity index (χ0v) is 22.5. The summed E-state index contributed by atoms with van der Waals surface area (Å²) in [7, 11) is 0. The average molecular weight is 564 g/mol. The lowest BCUT2D eigenvalue weighted by Crippen LogP contribution is -2.36. The van der Waals surface area contributed by atoms with Crippen LogP contribution in [0.4, 0.5) is 0 Å². The predicted molar refractivity (Wildman–Crippen MR) is 152 cm³/mol. The molecule has 1 saturated carbocycles. The number of aromatic nitrogens is 1. The Morgan fingerprint density at radius 2 is 1.88 bits per heavy atom. The molecule has 5 N–H and O–H groups in total. The Balaban J connectivity index is 1.39. The fourth-order valence-corrected chi connectivity index (χ4v) is 5.04. The monoisotopic (exact) mass is 563 g/mol. The van der Waals surface area contributed by atoms with E-state index in [2.05, 4.69) is 11.4 Å². The van der Waals surface area contributed by atoms with Gasteiger partial charge in [-0.3, -0.25) is 14.4 Å². The van der Waals surface area contributed by atoms with Gasteiger partial charge in [0.1, 0.15) is 11.9 Å². The topological polar surface area (TPSA) is 144 Å². The van der Waals surface area contributed by atoms with Crippen LogP contribution in [-0.2, 0) is 11.3 Å². The van der Waals surface area contributed by atoms with Crippen molar-refractivity contribution in [2.75, 3.05) is 19.8 Å². The Hall–Kier alpha value is -3.92. The highest BCUT2D eigenvalue weighted by Crippen LogP contribution is 2.41. The zero-order valence-electron chi connectivity index (χ0n) is 21.7. The largest absolute Gasteiger partial charge is 0.485 e. The molecule has 5 rings (SSSR count). The number of fused-ring (bicyclic) bond motifs is 2. The molecule has 9 nitrogen and oxygen atoms in total. The van der Waals surface area contributed by atoms with Crippen LogP contribution in [0.1, 0.15) is 51.5 Å². The van der Waals surface area contributed by atoms with E-state index in [4.69, 9.17) is 27.2 Å². The summed E-state index contributed by atoms with van der Waals surface area (Å²) >= 11 is 6.08. The summed E-state index contributed by atoms with van der Waals surface area (Å²) in [5.74, 6) is -0.838. The number of benzene rings is 3. The Bertz CT molecular complexity index is 1610. The van der Waals surface area contributed by atoms with Crippen molar-refractivity contribution >= 4 is 50.9 Å². The molecular formula is C30H30ClN3O6. The molecule has 208 valence electrons. The molecule has 1 aliphatic rings. The van der Waals surface area contributed by atoms with Gasteiger partial charge in [0.2, 0.25) is 11.7 Å². The number of nitrogens with zero attached hydrogens (tertiary/aromatic N) is 1. The number of aliphatic hydroxyl groups is 2. The molecule has 10 heteroatoms. The van der Waals surface area contributed by atoms with Crippen molar-refractivity contribution in [3.05, 3.63) is 76.4 Å². The van der Waals surface area contributed by atoms with Crippen LogP contribution in [0, 0.1) is 0 Å². The fourth-order valence-electron chi connectivity index (χ4n) is 4.86. The molecular weight excluding hydrogens is 534 g/mol. The molecule has 3 aromatic carbocycles. The van der Waals surface area contributed by atoms with Crippen LogP contribution in [0.5, 0.6) is 5.75 Å². The summed E-state index contributed by atoms with van der Waals surface area (Å²) in [6.07, 6.45) is 2.82. The first kappa shape index (κ1) is 27.6. The lowest BCUT2D eigenvalue weighted by atomic mass is 10.0. The van der Waals surface area contributed by atoms with Gasteiger partial charge in [-0.2, -0.15) is 0 Å². The third-order valence-corrected chi connectivity index (χ3v) is 7.37. The Morgan fingerprint density at radius 3 is 2.60 bits per heavy atom. The van der Waals surface area contributed by atoms with Gasteiger partial charge in [-0.25, -0.2) is 0 Å². The molecule has 0 spiro atoms. The maximum atomic E-state index is 13.4. The average Bonchev–Trinajstić information content (AvgIpc) is 3.74. The quantitative estimate of drug-likeness (QED) is 0.194. The smallest absolute Gasteiger partial charge is 0.252 e. The second-order valence-electron chi connectivity index (χ2n) is 10.0. The van der Waals surface area contributed by atoms with Crippen molar-refractivity contribution in [3.8, 4) is 5.75 Å². The summed E-state index contributed by atoms with van der Waals surface area (Å²) in [5, 5.41) is 24.4. The number of Topliss-reactive ketones (excluding diaryl/α,β-unsaturated/α-hetero) is 1. The number of rotatable bonds is 12. The lowest BCUT2D eigenvalue weighted by molar-refractivity contribution is -0.129. The lowest BCUT2D eigenvalue weighted by Gasteiger charge is -2.12. The highest BCUT2D eigenvalue weighted by molar-refractivity contribution is 6.31. The number of amides is 2. The first-order valence-corrected chi connectivity index (χ1v) is 13.5. The Morgan fingerprint density at radius 1 is 1.07 bits per heavy atom. The van der Waals surface area contributed by atoms with Crippen LogP contribution < -0.4 is 15.8 Å². The van der Waals surface area contributed by atoms with E-state index in [9.17, 15) is 19.5 Å². The van der Waals surface area contributed by atoms with Crippen molar-refractivity contribution in [1.29, 1.82) is 0 Å². The van der Waals surface area contributed by atoms with Gasteiger partial charge in [-0.1, -0.05) is 29.8 Å². The van der Waals surface area contributed by atoms with E-state index in [1.54, 1.807) is 36.5 Å². The van der Waals surface area contributed by atoms with E-state index in [0.717, 1.165) is 34.5 Å². The first-order valence-electron chi connectivity index (χ1n) is 13.1. The number of aryl methyl sites for hydroxylation is 1. The minimum atomic E-state index is -1.26. The minimum Gasteiger partial charge on any atom is -0.485 e. The predicted octanol–water partition coefficient (Wildman–Crippen LogP) is 3.55. The van der Waals surface area contributed by atoms with Crippen LogP contribution in [0.15, 0.2) is 54.7 Å². The van der Waals surface area contributed by atoms with E-state index in [1.165, 1.54) is 5.56 Å². The molecule has 0 radical (unpaired) electrons. The molecule has 0 aliphatic heterocycles. The number of ether oxygens (including phenoxy) is 1. The standard InChI is InChI=1S/C30H30ClN3O6/c31-21-5-3-19-14-28(23(29(32)38)12-20(19)11-21)40-16-27(37)24-15-34(9-7-26(36)30(39)33-8-10-35)25-13-18(17-1-2-17)4-6-22(24)25/h3-6,11-15,17,26,35-36H,1-2,7-10,16H2,(H2,32,38)(H,33,39)/t26-/m0/s1. The number of halogens is 1. The molecule has 4 aromatic rings. The SMILES string of the molecule is NC(=O)c1cc2cc(Cl)ccc2cc1OCC(=O)c1cn(CC[C@H](O)C(=O)NCCO)c2cc(C3CC3)ccc12. The number of nitrogens with one attached hydrogen (secondary N) is 1. The van der Waals surface area contributed by atoms with Gasteiger partial charge >= 0.3 is 0 Å². The molecule has 1 atom stereocenters. The van der Waals surface area contributed by atoms with Crippen LogP contribution >= 0.6 is 11.6 Å². The van der Waals surface area contributed by atoms with Crippen LogP contribution in [0.2, 0.25) is 5.02 Å². The van der Waals surface area contributed by atoms with Crippen molar-refractivity contribution in [2.24, 2.45) is 5.73 Å². The number of carbonyl (C=O) groups excluding carboxylic acids is 3. The van der Waals surface area contributed by atoms with E-state index in [-0.39, 0.29) is 43.3 Å². The number of aliphatic hydroxyl groups excluding tert-OH is 2. The maximum Gasteiger partial charge on any atom is 0.252 e.